The number of aliphatic imine (C=N–C) groups is 2. The van der Waals surface area contributed by atoms with Crippen molar-refractivity contribution in [2.45, 2.75) is 78.3 Å². The summed E-state index contributed by atoms with van der Waals surface area (Å²) in [6.07, 6.45) is 4.24. The third-order valence-electron chi connectivity index (χ3n) is 3.39. The summed E-state index contributed by atoms with van der Waals surface area (Å²) in [6.45, 7) is 13.3. The van der Waals surface area contributed by atoms with Gasteiger partial charge < -0.3 is 11.5 Å². The Morgan fingerprint density at radius 1 is 0.708 bits per heavy atom. The fourth-order valence-electron chi connectivity index (χ4n) is 1.45. The van der Waals surface area contributed by atoms with Crippen LogP contribution in [-0.2, 0) is 0 Å². The molecule has 0 aromatic rings. The van der Waals surface area contributed by atoms with Crippen LogP contribution in [0, 0.1) is 0 Å². The molecule has 0 saturated heterocycles. The predicted octanol–water partition coefficient (Wildman–Crippen LogP) is 4.15. The molecule has 0 spiro atoms. The lowest BCUT2D eigenvalue weighted by molar-refractivity contribution is 0.556. The number of unbranched alkanes of at least 4 members (excludes halogenated alkanes) is 2. The molecular weight excluding hydrogens is 347 g/mol. The topological polar surface area (TPSA) is 101 Å². The highest BCUT2D eigenvalue weighted by atomic mass is 35.5. The van der Waals surface area contributed by atoms with Gasteiger partial charge >= 0.3 is 0 Å². The van der Waals surface area contributed by atoms with E-state index < -0.39 is 11.1 Å². The molecular formula is C16H36Cl2N6. The van der Waals surface area contributed by atoms with E-state index in [2.05, 4.69) is 34.1 Å². The third kappa shape index (κ3) is 10.8. The van der Waals surface area contributed by atoms with Crippen LogP contribution in [-0.4, -0.2) is 35.8 Å². The van der Waals surface area contributed by atoms with Crippen molar-refractivity contribution >= 4 is 36.5 Å². The molecule has 6 nitrogen and oxygen atoms in total. The van der Waals surface area contributed by atoms with Crippen molar-refractivity contribution in [3.05, 3.63) is 0 Å². The fraction of sp³-hybridized carbons (Fsp3) is 0.875. The van der Waals surface area contributed by atoms with Gasteiger partial charge in [-0.25, -0.2) is 0 Å². The van der Waals surface area contributed by atoms with Crippen molar-refractivity contribution in [1.29, 1.82) is 0 Å². The van der Waals surface area contributed by atoms with Gasteiger partial charge in [0.15, 0.2) is 0 Å². The van der Waals surface area contributed by atoms with E-state index in [1.807, 2.05) is 27.7 Å². The minimum absolute atomic E-state index is 0. The summed E-state index contributed by atoms with van der Waals surface area (Å²) in [5.74, 6) is 1.00. The Bertz CT molecular complexity index is 379. The molecule has 0 aliphatic carbocycles. The van der Waals surface area contributed by atoms with Crippen LogP contribution >= 0.6 is 24.8 Å². The molecule has 24 heavy (non-hydrogen) atoms. The van der Waals surface area contributed by atoms with Crippen LogP contribution in [0.4, 0.5) is 0 Å². The number of nitrogens with zero attached hydrogens (tertiary/aromatic N) is 4. The quantitative estimate of drug-likeness (QED) is 0.256. The van der Waals surface area contributed by atoms with Crippen LogP contribution in [0.5, 0.6) is 0 Å². The average molecular weight is 383 g/mol. The second-order valence-electron chi connectivity index (χ2n) is 6.56. The number of amidine groups is 2. The third-order valence-corrected chi connectivity index (χ3v) is 3.39. The Morgan fingerprint density at radius 2 is 1.00 bits per heavy atom. The maximum Gasteiger partial charge on any atom is 0.132 e. The van der Waals surface area contributed by atoms with Crippen LogP contribution in [0.15, 0.2) is 20.2 Å². The zero-order valence-corrected chi connectivity index (χ0v) is 17.6. The molecule has 0 heterocycles. The standard InChI is InChI=1S/C16H34N6.2ClH/c1-7-9-11-19-13(17)15(3,4)21-22-16(5,6)14(18)20-12-10-8-2;;/h7-12H2,1-6H3,(H2,17,19)(H2,18,20);2*1H. The van der Waals surface area contributed by atoms with Gasteiger partial charge in [0.05, 0.1) is 0 Å². The monoisotopic (exact) mass is 382 g/mol. The van der Waals surface area contributed by atoms with Crippen molar-refractivity contribution in [2.75, 3.05) is 13.1 Å². The molecule has 0 radical (unpaired) electrons. The molecule has 0 atom stereocenters. The smallest absolute Gasteiger partial charge is 0.132 e. The first kappa shape index (κ1) is 27.9. The van der Waals surface area contributed by atoms with Crippen molar-refractivity contribution < 1.29 is 0 Å². The number of rotatable bonds is 10. The Labute approximate surface area is 159 Å². The predicted molar refractivity (Wildman–Crippen MR) is 110 cm³/mol. The van der Waals surface area contributed by atoms with Gasteiger partial charge in [0.2, 0.25) is 0 Å². The van der Waals surface area contributed by atoms with Crippen molar-refractivity contribution in [3.63, 3.8) is 0 Å². The van der Waals surface area contributed by atoms with E-state index in [0.29, 0.717) is 11.7 Å². The maximum absolute atomic E-state index is 6.03. The molecule has 0 aromatic carbocycles. The molecule has 0 saturated carbocycles. The van der Waals surface area contributed by atoms with Crippen LogP contribution in [0.2, 0.25) is 0 Å². The van der Waals surface area contributed by atoms with Gasteiger partial charge in [-0.3, -0.25) is 9.98 Å². The summed E-state index contributed by atoms with van der Waals surface area (Å²) in [5.41, 5.74) is 10.8. The summed E-state index contributed by atoms with van der Waals surface area (Å²) in [5, 5.41) is 8.73. The highest BCUT2D eigenvalue weighted by molar-refractivity contribution is 5.90. The largest absolute Gasteiger partial charge is 0.385 e. The van der Waals surface area contributed by atoms with Crippen molar-refractivity contribution in [3.8, 4) is 0 Å². The zero-order chi connectivity index (χ0) is 17.2. The first-order valence-corrected chi connectivity index (χ1v) is 8.22. The van der Waals surface area contributed by atoms with E-state index in [1.165, 1.54) is 0 Å². The second-order valence-corrected chi connectivity index (χ2v) is 6.56. The number of nitrogens with two attached hydrogens (primary N) is 2. The van der Waals surface area contributed by atoms with Gasteiger partial charge in [-0.15, -0.1) is 24.8 Å². The number of hydrogen-bond donors (Lipinski definition) is 2. The molecule has 8 heteroatoms. The summed E-state index contributed by atoms with van der Waals surface area (Å²) >= 11 is 0. The SMILES string of the molecule is CCCCN=C(N)C(C)(C)N=NC(C)(C)C(N)=NCCCC.Cl.Cl. The lowest BCUT2D eigenvalue weighted by Gasteiger charge is -2.22. The molecule has 0 bridgehead atoms. The number of halogens is 2. The minimum Gasteiger partial charge on any atom is -0.385 e. The highest BCUT2D eigenvalue weighted by Gasteiger charge is 2.27. The lowest BCUT2D eigenvalue weighted by Crippen LogP contribution is -2.40. The molecule has 0 amide bonds. The van der Waals surface area contributed by atoms with E-state index >= 15 is 0 Å². The summed E-state index contributed by atoms with van der Waals surface area (Å²) in [6, 6.07) is 0. The number of azo groups is 1. The minimum atomic E-state index is -0.630. The van der Waals surface area contributed by atoms with Crippen LogP contribution in [0.25, 0.3) is 0 Å². The first-order chi connectivity index (χ1) is 10.2. The summed E-state index contributed by atoms with van der Waals surface area (Å²) < 4.78 is 0. The molecule has 0 fully saturated rings. The van der Waals surface area contributed by atoms with Gasteiger partial charge in [0, 0.05) is 13.1 Å². The van der Waals surface area contributed by atoms with E-state index in [9.17, 15) is 0 Å². The molecule has 0 unspecified atom stereocenters. The molecule has 0 aliphatic rings. The zero-order valence-electron chi connectivity index (χ0n) is 16.0. The van der Waals surface area contributed by atoms with Gasteiger partial charge in [-0.1, -0.05) is 26.7 Å². The van der Waals surface area contributed by atoms with E-state index in [4.69, 9.17) is 11.5 Å². The van der Waals surface area contributed by atoms with E-state index in [-0.39, 0.29) is 24.8 Å². The second kappa shape index (κ2) is 13.4. The molecule has 144 valence electrons. The van der Waals surface area contributed by atoms with E-state index in [0.717, 1.165) is 38.8 Å². The molecule has 0 rings (SSSR count). The normalized spacial score (nSPS) is 13.6. The first-order valence-electron chi connectivity index (χ1n) is 8.22. The van der Waals surface area contributed by atoms with Gasteiger partial charge in [-0.05, 0) is 40.5 Å². The van der Waals surface area contributed by atoms with E-state index in [1.54, 1.807) is 0 Å². The van der Waals surface area contributed by atoms with Gasteiger partial charge in [0.25, 0.3) is 0 Å². The number of hydrogen-bond acceptors (Lipinski definition) is 4. The van der Waals surface area contributed by atoms with Gasteiger partial charge in [-0.2, -0.15) is 10.2 Å². The Kier molecular flexibility index (Phi) is 15.6. The lowest BCUT2D eigenvalue weighted by atomic mass is 10.0. The Hall–Kier alpha value is -0.880. The molecule has 4 N–H and O–H groups in total. The van der Waals surface area contributed by atoms with Crippen LogP contribution < -0.4 is 11.5 Å². The van der Waals surface area contributed by atoms with Gasteiger partial charge in [0.1, 0.15) is 22.7 Å². The maximum atomic E-state index is 6.03. The highest BCUT2D eigenvalue weighted by Crippen LogP contribution is 2.16. The average Bonchev–Trinajstić information content (AvgIpc) is 2.45. The Balaban J connectivity index is -0.00000220. The van der Waals surface area contributed by atoms with Crippen molar-refractivity contribution in [2.24, 2.45) is 31.7 Å². The van der Waals surface area contributed by atoms with Crippen LogP contribution in [0.1, 0.15) is 67.2 Å². The molecule has 0 aromatic heterocycles. The van der Waals surface area contributed by atoms with Crippen molar-refractivity contribution in [1.82, 2.24) is 0 Å². The van der Waals surface area contributed by atoms with Crippen LogP contribution in [0.3, 0.4) is 0 Å². The summed E-state index contributed by atoms with van der Waals surface area (Å²) in [7, 11) is 0. The fourth-order valence-corrected chi connectivity index (χ4v) is 1.45. The summed E-state index contributed by atoms with van der Waals surface area (Å²) in [4.78, 5) is 8.74. The Morgan fingerprint density at radius 3 is 1.25 bits per heavy atom. The molecule has 0 aliphatic heterocycles.